The van der Waals surface area contributed by atoms with Crippen molar-refractivity contribution < 1.29 is 23.0 Å². The SMILES string of the molecule is O=C(COc1ccc(F)cc1F)NCCCOc1ccccc1. The van der Waals surface area contributed by atoms with Gasteiger partial charge in [-0.3, -0.25) is 4.79 Å². The van der Waals surface area contributed by atoms with Crippen LogP contribution in [0.2, 0.25) is 0 Å². The van der Waals surface area contributed by atoms with Gasteiger partial charge in [-0.25, -0.2) is 8.78 Å². The molecule has 0 atom stereocenters. The van der Waals surface area contributed by atoms with Crippen LogP contribution in [0.15, 0.2) is 48.5 Å². The van der Waals surface area contributed by atoms with E-state index in [9.17, 15) is 13.6 Å². The minimum absolute atomic E-state index is 0.158. The van der Waals surface area contributed by atoms with Crippen molar-refractivity contribution in [1.82, 2.24) is 5.32 Å². The first-order chi connectivity index (χ1) is 11.1. The summed E-state index contributed by atoms with van der Waals surface area (Å²) in [5.74, 6) is -1.30. The molecule has 0 saturated carbocycles. The van der Waals surface area contributed by atoms with Crippen molar-refractivity contribution in [2.75, 3.05) is 19.8 Å². The Hall–Kier alpha value is -2.63. The molecule has 0 aliphatic rings. The van der Waals surface area contributed by atoms with Crippen LogP contribution in [0.4, 0.5) is 8.78 Å². The summed E-state index contributed by atoms with van der Waals surface area (Å²) in [6, 6.07) is 12.3. The second-order valence-electron chi connectivity index (χ2n) is 4.73. The summed E-state index contributed by atoms with van der Waals surface area (Å²) in [5.41, 5.74) is 0. The van der Waals surface area contributed by atoms with E-state index in [4.69, 9.17) is 9.47 Å². The third-order valence-electron chi connectivity index (χ3n) is 2.91. The lowest BCUT2D eigenvalue weighted by Crippen LogP contribution is -2.30. The highest BCUT2D eigenvalue weighted by molar-refractivity contribution is 5.77. The van der Waals surface area contributed by atoms with Crippen molar-refractivity contribution in [2.45, 2.75) is 6.42 Å². The van der Waals surface area contributed by atoms with E-state index in [2.05, 4.69) is 5.32 Å². The topological polar surface area (TPSA) is 47.6 Å². The van der Waals surface area contributed by atoms with Crippen molar-refractivity contribution in [3.63, 3.8) is 0 Å². The van der Waals surface area contributed by atoms with E-state index in [1.54, 1.807) is 0 Å². The number of amides is 1. The highest BCUT2D eigenvalue weighted by Crippen LogP contribution is 2.17. The van der Waals surface area contributed by atoms with Crippen LogP contribution in [-0.2, 0) is 4.79 Å². The van der Waals surface area contributed by atoms with Crippen LogP contribution in [0.3, 0.4) is 0 Å². The molecule has 0 fully saturated rings. The number of para-hydroxylation sites is 1. The molecular formula is C17H17F2NO3. The Balaban J connectivity index is 1.60. The van der Waals surface area contributed by atoms with Crippen LogP contribution in [-0.4, -0.2) is 25.7 Å². The zero-order chi connectivity index (χ0) is 16.5. The molecule has 122 valence electrons. The fourth-order valence-corrected chi connectivity index (χ4v) is 1.79. The second kappa shape index (κ2) is 8.73. The number of halogens is 2. The summed E-state index contributed by atoms with van der Waals surface area (Å²) in [6.07, 6.45) is 0.630. The van der Waals surface area contributed by atoms with E-state index in [1.807, 2.05) is 30.3 Å². The number of nitrogens with one attached hydrogen (secondary N) is 1. The first-order valence-corrected chi connectivity index (χ1v) is 7.17. The molecular weight excluding hydrogens is 304 g/mol. The van der Waals surface area contributed by atoms with Gasteiger partial charge in [-0.05, 0) is 30.7 Å². The molecule has 0 saturated heterocycles. The molecule has 0 aliphatic heterocycles. The highest BCUT2D eigenvalue weighted by Gasteiger charge is 2.07. The van der Waals surface area contributed by atoms with Gasteiger partial charge in [-0.1, -0.05) is 18.2 Å². The molecule has 1 N–H and O–H groups in total. The number of carbonyl (C=O) groups is 1. The zero-order valence-corrected chi connectivity index (χ0v) is 12.4. The van der Waals surface area contributed by atoms with E-state index in [0.717, 1.165) is 17.9 Å². The second-order valence-corrected chi connectivity index (χ2v) is 4.73. The smallest absolute Gasteiger partial charge is 0.257 e. The molecule has 0 spiro atoms. The van der Waals surface area contributed by atoms with Gasteiger partial charge in [-0.2, -0.15) is 0 Å². The Kier molecular flexibility index (Phi) is 6.35. The third-order valence-corrected chi connectivity index (χ3v) is 2.91. The number of rotatable bonds is 8. The maximum atomic E-state index is 13.3. The Bertz CT molecular complexity index is 635. The minimum atomic E-state index is -0.839. The van der Waals surface area contributed by atoms with Gasteiger partial charge in [0.2, 0.25) is 0 Å². The average molecular weight is 321 g/mol. The Morgan fingerprint density at radius 1 is 1.04 bits per heavy atom. The molecule has 0 aliphatic carbocycles. The normalized spacial score (nSPS) is 10.2. The quantitative estimate of drug-likeness (QED) is 0.761. The van der Waals surface area contributed by atoms with Gasteiger partial charge < -0.3 is 14.8 Å². The molecule has 0 unspecified atom stereocenters. The summed E-state index contributed by atoms with van der Waals surface area (Å²) in [5, 5.41) is 2.63. The van der Waals surface area contributed by atoms with Crippen LogP contribution in [0.25, 0.3) is 0 Å². The first-order valence-electron chi connectivity index (χ1n) is 7.17. The van der Waals surface area contributed by atoms with Crippen molar-refractivity contribution in [2.24, 2.45) is 0 Å². The number of benzene rings is 2. The van der Waals surface area contributed by atoms with Gasteiger partial charge in [0, 0.05) is 12.6 Å². The van der Waals surface area contributed by atoms with Crippen molar-refractivity contribution in [3.8, 4) is 11.5 Å². The molecule has 23 heavy (non-hydrogen) atoms. The predicted molar refractivity (Wildman–Crippen MR) is 81.4 cm³/mol. The molecule has 2 rings (SSSR count). The summed E-state index contributed by atoms with van der Waals surface area (Å²) in [7, 11) is 0. The monoisotopic (exact) mass is 321 g/mol. The molecule has 1 amide bonds. The van der Waals surface area contributed by atoms with Crippen LogP contribution in [0.1, 0.15) is 6.42 Å². The Morgan fingerprint density at radius 2 is 1.83 bits per heavy atom. The van der Waals surface area contributed by atoms with Crippen LogP contribution in [0, 0.1) is 11.6 Å². The van der Waals surface area contributed by atoms with Gasteiger partial charge in [0.1, 0.15) is 11.6 Å². The van der Waals surface area contributed by atoms with E-state index in [1.165, 1.54) is 0 Å². The lowest BCUT2D eigenvalue weighted by molar-refractivity contribution is -0.123. The fraction of sp³-hybridized carbons (Fsp3) is 0.235. The molecule has 0 bridgehead atoms. The highest BCUT2D eigenvalue weighted by atomic mass is 19.1. The largest absolute Gasteiger partial charge is 0.494 e. The Labute approximate surface area is 133 Å². The molecule has 6 heteroatoms. The van der Waals surface area contributed by atoms with E-state index in [0.29, 0.717) is 25.6 Å². The zero-order valence-electron chi connectivity index (χ0n) is 12.4. The van der Waals surface area contributed by atoms with Gasteiger partial charge >= 0.3 is 0 Å². The maximum Gasteiger partial charge on any atom is 0.257 e. The third kappa shape index (κ3) is 5.94. The lowest BCUT2D eigenvalue weighted by atomic mass is 10.3. The first kappa shape index (κ1) is 16.7. The number of carbonyl (C=O) groups excluding carboxylic acids is 1. The van der Waals surface area contributed by atoms with Gasteiger partial charge in [0.05, 0.1) is 6.61 Å². The maximum absolute atomic E-state index is 13.3. The van der Waals surface area contributed by atoms with Crippen LogP contribution >= 0.6 is 0 Å². The van der Waals surface area contributed by atoms with Gasteiger partial charge in [0.15, 0.2) is 18.2 Å². The van der Waals surface area contributed by atoms with Crippen molar-refractivity contribution in [1.29, 1.82) is 0 Å². The fourth-order valence-electron chi connectivity index (χ4n) is 1.79. The number of hydrogen-bond acceptors (Lipinski definition) is 3. The molecule has 0 heterocycles. The number of hydrogen-bond donors (Lipinski definition) is 1. The standard InChI is InChI=1S/C17H17F2NO3/c18-13-7-8-16(15(19)11-13)23-12-17(21)20-9-4-10-22-14-5-2-1-3-6-14/h1-3,5-8,11H,4,9-10,12H2,(H,20,21). The predicted octanol–water partition coefficient (Wildman–Crippen LogP) is 2.93. The molecule has 4 nitrogen and oxygen atoms in total. The van der Waals surface area contributed by atoms with Crippen LogP contribution < -0.4 is 14.8 Å². The van der Waals surface area contributed by atoms with E-state index in [-0.39, 0.29) is 18.3 Å². The van der Waals surface area contributed by atoms with E-state index >= 15 is 0 Å². The van der Waals surface area contributed by atoms with Crippen LogP contribution in [0.5, 0.6) is 11.5 Å². The van der Waals surface area contributed by atoms with Gasteiger partial charge in [0.25, 0.3) is 5.91 Å². The number of ether oxygens (including phenoxy) is 2. The van der Waals surface area contributed by atoms with Crippen molar-refractivity contribution >= 4 is 5.91 Å². The Morgan fingerprint density at radius 3 is 2.57 bits per heavy atom. The summed E-state index contributed by atoms with van der Waals surface area (Å²) in [4.78, 5) is 11.6. The molecule has 0 aromatic heterocycles. The summed E-state index contributed by atoms with van der Waals surface area (Å²) >= 11 is 0. The molecule has 2 aromatic carbocycles. The molecule has 0 radical (unpaired) electrons. The summed E-state index contributed by atoms with van der Waals surface area (Å²) in [6.45, 7) is 0.556. The van der Waals surface area contributed by atoms with Gasteiger partial charge in [-0.15, -0.1) is 0 Å². The molecule has 2 aromatic rings. The minimum Gasteiger partial charge on any atom is -0.494 e. The van der Waals surface area contributed by atoms with Crippen molar-refractivity contribution in [3.05, 3.63) is 60.2 Å². The lowest BCUT2D eigenvalue weighted by Gasteiger charge is -2.09. The van der Waals surface area contributed by atoms with E-state index < -0.39 is 11.6 Å². The average Bonchev–Trinajstić information content (AvgIpc) is 2.54. The summed E-state index contributed by atoms with van der Waals surface area (Å²) < 4.78 is 36.5.